The number of carbonyl (C=O) groups is 2. The molecule has 1 aliphatic rings. The minimum atomic E-state index is -5.08. The van der Waals surface area contributed by atoms with Gasteiger partial charge in [0.1, 0.15) is 17.1 Å². The van der Waals surface area contributed by atoms with E-state index in [0.717, 1.165) is 0 Å². The molecule has 0 unspecified atom stereocenters. The highest BCUT2D eigenvalue weighted by atomic mass is 35.5. The number of nitrogens with zero attached hydrogens (tertiary/aromatic N) is 2. The van der Waals surface area contributed by atoms with Gasteiger partial charge in [0.05, 0.1) is 42.1 Å². The molecule has 1 aromatic heterocycles. The number of aromatic nitrogens is 1. The average Bonchev–Trinajstić information content (AvgIpc) is 2.79. The topological polar surface area (TPSA) is 155 Å². The van der Waals surface area contributed by atoms with Crippen molar-refractivity contribution in [1.29, 1.82) is 0 Å². The van der Waals surface area contributed by atoms with Crippen LogP contribution in [-0.4, -0.2) is 75.1 Å². The van der Waals surface area contributed by atoms with Gasteiger partial charge < -0.3 is 24.6 Å². The number of carboxylic acids is 2. The second-order valence-electron chi connectivity index (χ2n) is 6.70. The third kappa shape index (κ3) is 7.60. The molecule has 0 aliphatic carbocycles. The second-order valence-corrected chi connectivity index (χ2v) is 8.79. The fourth-order valence-corrected chi connectivity index (χ4v) is 4.11. The van der Waals surface area contributed by atoms with Gasteiger partial charge in [0, 0.05) is 13.1 Å². The summed E-state index contributed by atoms with van der Waals surface area (Å²) in [5.74, 6) is -3.36. The van der Waals surface area contributed by atoms with Gasteiger partial charge in [-0.2, -0.15) is 13.2 Å². The molecule has 0 atom stereocenters. The van der Waals surface area contributed by atoms with E-state index in [1.807, 2.05) is 0 Å². The Labute approximate surface area is 202 Å². The first-order valence-electron chi connectivity index (χ1n) is 9.48. The van der Waals surface area contributed by atoms with Crippen LogP contribution in [0.4, 0.5) is 24.7 Å². The fraction of sp³-hybridized carbons (Fsp3) is 0.316. The first-order chi connectivity index (χ1) is 16.3. The Balaban J connectivity index is 0.000000540. The number of methoxy groups -OCH3 is 1. The third-order valence-corrected chi connectivity index (χ3v) is 6.01. The zero-order valence-electron chi connectivity index (χ0n) is 17.9. The molecule has 0 amide bonds. The first-order valence-corrected chi connectivity index (χ1v) is 11.3. The van der Waals surface area contributed by atoms with Crippen LogP contribution in [0.1, 0.15) is 10.4 Å². The van der Waals surface area contributed by atoms with Crippen molar-refractivity contribution in [2.45, 2.75) is 11.1 Å². The van der Waals surface area contributed by atoms with E-state index < -0.39 is 28.1 Å². The molecule has 1 fully saturated rings. The molecular formula is C19H19ClF3N3O8S. The molecular weight excluding hydrogens is 523 g/mol. The highest BCUT2D eigenvalue weighted by Gasteiger charge is 2.38. The molecule has 0 saturated carbocycles. The normalized spacial score (nSPS) is 13.9. The third-order valence-electron chi connectivity index (χ3n) is 4.34. The van der Waals surface area contributed by atoms with E-state index >= 15 is 0 Å². The number of hydrogen-bond acceptors (Lipinski definition) is 8. The van der Waals surface area contributed by atoms with Crippen molar-refractivity contribution < 1.29 is 50.9 Å². The number of pyridine rings is 1. The predicted molar refractivity (Wildman–Crippen MR) is 117 cm³/mol. The van der Waals surface area contributed by atoms with E-state index in [-0.39, 0.29) is 27.0 Å². The lowest BCUT2D eigenvalue weighted by Gasteiger charge is -2.28. The highest BCUT2D eigenvalue weighted by Crippen LogP contribution is 2.29. The van der Waals surface area contributed by atoms with Crippen molar-refractivity contribution >= 4 is 45.1 Å². The molecule has 2 heterocycles. The maximum atomic E-state index is 12.6. The number of carboxylic acid groups (broad SMARTS) is 2. The SMILES string of the molecule is COc1ccc(S(=O)(=O)Nc2cnc(N3CCOCC3)c(C(=O)O)c2)cc1Cl.O=C(O)C(F)(F)F. The van der Waals surface area contributed by atoms with Crippen molar-refractivity contribution in [1.82, 2.24) is 4.98 Å². The summed E-state index contributed by atoms with van der Waals surface area (Å²) in [6.07, 6.45) is -3.81. The molecule has 3 rings (SSSR count). The molecule has 192 valence electrons. The van der Waals surface area contributed by atoms with E-state index in [1.54, 1.807) is 4.90 Å². The number of hydrogen-bond donors (Lipinski definition) is 3. The number of anilines is 2. The highest BCUT2D eigenvalue weighted by molar-refractivity contribution is 7.92. The predicted octanol–water partition coefficient (Wildman–Crippen LogP) is 2.71. The first kappa shape index (κ1) is 27.9. The number of rotatable bonds is 6. The number of halogens is 4. The van der Waals surface area contributed by atoms with Gasteiger partial charge in [0.25, 0.3) is 10.0 Å². The molecule has 1 aliphatic heterocycles. The van der Waals surface area contributed by atoms with Crippen molar-refractivity contribution in [3.63, 3.8) is 0 Å². The second kappa shape index (κ2) is 11.4. The van der Waals surface area contributed by atoms with E-state index in [9.17, 15) is 31.5 Å². The smallest absolute Gasteiger partial charge is 0.490 e. The fourth-order valence-electron chi connectivity index (χ4n) is 2.73. The van der Waals surface area contributed by atoms with Crippen LogP contribution in [0.2, 0.25) is 5.02 Å². The van der Waals surface area contributed by atoms with Crippen LogP contribution < -0.4 is 14.4 Å². The summed E-state index contributed by atoms with van der Waals surface area (Å²) in [5.41, 5.74) is -0.0730. The Morgan fingerprint density at radius 3 is 2.29 bits per heavy atom. The lowest BCUT2D eigenvalue weighted by Crippen LogP contribution is -2.37. The summed E-state index contributed by atoms with van der Waals surface area (Å²) < 4.78 is 69.5. The number of alkyl halides is 3. The van der Waals surface area contributed by atoms with Crippen molar-refractivity contribution in [2.24, 2.45) is 0 Å². The van der Waals surface area contributed by atoms with Crippen LogP contribution in [0, 0.1) is 0 Å². The summed E-state index contributed by atoms with van der Waals surface area (Å²) in [6.45, 7) is 1.94. The van der Waals surface area contributed by atoms with Gasteiger partial charge in [-0.1, -0.05) is 11.6 Å². The van der Waals surface area contributed by atoms with Gasteiger partial charge >= 0.3 is 18.1 Å². The Morgan fingerprint density at radius 2 is 1.80 bits per heavy atom. The summed E-state index contributed by atoms with van der Waals surface area (Å²) >= 11 is 5.99. The number of ether oxygens (including phenoxy) is 2. The lowest BCUT2D eigenvalue weighted by molar-refractivity contribution is -0.192. The molecule has 35 heavy (non-hydrogen) atoms. The van der Waals surface area contributed by atoms with Gasteiger partial charge in [-0.25, -0.2) is 23.0 Å². The van der Waals surface area contributed by atoms with Crippen molar-refractivity contribution in [3.8, 4) is 5.75 Å². The Bertz CT molecular complexity index is 1190. The molecule has 16 heteroatoms. The standard InChI is InChI=1S/C17H18ClN3O6S.C2HF3O2/c1-26-15-3-2-12(9-14(15)18)28(24,25)20-11-8-13(17(22)23)16(19-10-11)21-4-6-27-7-5-21;3-2(4,5)1(6)7/h2-3,8-10,20H,4-7H2,1H3,(H,22,23);(H,6,7). The van der Waals surface area contributed by atoms with Crippen molar-refractivity contribution in [2.75, 3.05) is 43.0 Å². The van der Waals surface area contributed by atoms with Gasteiger partial charge in [-0.05, 0) is 24.3 Å². The van der Waals surface area contributed by atoms with Crippen LogP contribution in [0.15, 0.2) is 35.4 Å². The van der Waals surface area contributed by atoms with Crippen LogP contribution in [0.3, 0.4) is 0 Å². The number of benzene rings is 1. The molecule has 2 aromatic rings. The summed E-state index contributed by atoms with van der Waals surface area (Å²) in [5, 5.41) is 16.8. The Kier molecular flexibility index (Phi) is 9.12. The number of aromatic carboxylic acids is 1. The molecule has 0 radical (unpaired) electrons. The summed E-state index contributed by atoms with van der Waals surface area (Å²) in [6, 6.07) is 5.25. The van der Waals surface area contributed by atoms with Gasteiger partial charge in [0.2, 0.25) is 0 Å². The maximum Gasteiger partial charge on any atom is 0.490 e. The van der Waals surface area contributed by atoms with E-state index in [1.165, 1.54) is 37.6 Å². The van der Waals surface area contributed by atoms with Gasteiger partial charge in [-0.3, -0.25) is 4.72 Å². The maximum absolute atomic E-state index is 12.6. The number of nitrogens with one attached hydrogen (secondary N) is 1. The van der Waals surface area contributed by atoms with Crippen LogP contribution in [0.25, 0.3) is 0 Å². The number of morpholine rings is 1. The minimum absolute atomic E-state index is 0.0290. The molecule has 0 spiro atoms. The summed E-state index contributed by atoms with van der Waals surface area (Å²) in [4.78, 5) is 26.4. The Morgan fingerprint density at radius 1 is 1.20 bits per heavy atom. The largest absolute Gasteiger partial charge is 0.495 e. The quantitative estimate of drug-likeness (QED) is 0.497. The summed E-state index contributed by atoms with van der Waals surface area (Å²) in [7, 11) is -2.58. The molecule has 1 saturated heterocycles. The van der Waals surface area contributed by atoms with E-state index in [4.69, 9.17) is 31.0 Å². The van der Waals surface area contributed by atoms with Crippen LogP contribution in [-0.2, 0) is 19.6 Å². The molecule has 11 nitrogen and oxygen atoms in total. The molecule has 3 N–H and O–H groups in total. The van der Waals surface area contributed by atoms with Crippen LogP contribution in [0.5, 0.6) is 5.75 Å². The van der Waals surface area contributed by atoms with Crippen LogP contribution >= 0.6 is 11.6 Å². The minimum Gasteiger partial charge on any atom is -0.495 e. The van der Waals surface area contributed by atoms with Crippen molar-refractivity contribution in [3.05, 3.63) is 41.0 Å². The molecule has 1 aromatic carbocycles. The van der Waals surface area contributed by atoms with Gasteiger partial charge in [-0.15, -0.1) is 0 Å². The van der Waals surface area contributed by atoms with E-state index in [0.29, 0.717) is 32.1 Å². The monoisotopic (exact) mass is 541 g/mol. The number of aliphatic carboxylic acids is 1. The average molecular weight is 542 g/mol. The zero-order chi connectivity index (χ0) is 26.4. The Hall–Kier alpha value is -3.30. The lowest BCUT2D eigenvalue weighted by atomic mass is 10.2. The molecule has 0 bridgehead atoms. The van der Waals surface area contributed by atoms with E-state index in [2.05, 4.69) is 9.71 Å². The number of sulfonamides is 1. The zero-order valence-corrected chi connectivity index (χ0v) is 19.4. The van der Waals surface area contributed by atoms with Gasteiger partial charge in [0.15, 0.2) is 0 Å².